The van der Waals surface area contributed by atoms with Gasteiger partial charge in [0.2, 0.25) is 5.75 Å². The molecule has 0 saturated heterocycles. The Kier molecular flexibility index (Phi) is 10.7. The molecule has 0 saturated carbocycles. The van der Waals surface area contributed by atoms with E-state index >= 15 is 0 Å². The summed E-state index contributed by atoms with van der Waals surface area (Å²) in [5.74, 6) is 2.67. The number of hydrogen-bond donors (Lipinski definition) is 2. The number of nitrogens with one attached hydrogen (secondary N) is 2. The van der Waals surface area contributed by atoms with Crippen molar-refractivity contribution in [1.29, 1.82) is 0 Å². The molecule has 31 heavy (non-hydrogen) atoms. The number of halogens is 1. The average molecular weight is 561 g/mol. The van der Waals surface area contributed by atoms with Crippen molar-refractivity contribution >= 4 is 41.3 Å². The number of hydrogen-bond acceptors (Lipinski definition) is 6. The van der Waals surface area contributed by atoms with E-state index in [9.17, 15) is 0 Å². The molecule has 2 heterocycles. The van der Waals surface area contributed by atoms with Gasteiger partial charge in [-0.25, -0.2) is 4.99 Å². The van der Waals surface area contributed by atoms with Crippen LogP contribution in [0.3, 0.4) is 0 Å². The van der Waals surface area contributed by atoms with Gasteiger partial charge in [0.15, 0.2) is 17.5 Å². The summed E-state index contributed by atoms with van der Waals surface area (Å²) < 4.78 is 16.3. The van der Waals surface area contributed by atoms with Crippen LogP contribution < -0.4 is 24.8 Å². The summed E-state index contributed by atoms with van der Waals surface area (Å²) in [5.41, 5.74) is 2.47. The predicted octanol–water partition coefficient (Wildman–Crippen LogP) is 3.51. The van der Waals surface area contributed by atoms with E-state index in [1.807, 2.05) is 23.5 Å². The van der Waals surface area contributed by atoms with Gasteiger partial charge in [0.1, 0.15) is 0 Å². The second kappa shape index (κ2) is 13.0. The zero-order chi connectivity index (χ0) is 21.3. The van der Waals surface area contributed by atoms with Crippen molar-refractivity contribution in [1.82, 2.24) is 15.5 Å². The summed E-state index contributed by atoms with van der Waals surface area (Å²) in [4.78, 5) is 8.76. The Labute approximate surface area is 206 Å². The first kappa shape index (κ1) is 25.5. The van der Waals surface area contributed by atoms with Gasteiger partial charge in [-0.3, -0.25) is 4.90 Å². The van der Waals surface area contributed by atoms with Crippen LogP contribution in [-0.2, 0) is 19.5 Å². The lowest BCUT2D eigenvalue weighted by Gasteiger charge is -2.27. The van der Waals surface area contributed by atoms with Crippen molar-refractivity contribution in [3.63, 3.8) is 0 Å². The second-order valence-corrected chi connectivity index (χ2v) is 8.05. The smallest absolute Gasteiger partial charge is 0.203 e. The van der Waals surface area contributed by atoms with Crippen LogP contribution in [-0.4, -0.2) is 58.4 Å². The van der Waals surface area contributed by atoms with Gasteiger partial charge in [-0.05, 0) is 48.1 Å². The van der Waals surface area contributed by atoms with Gasteiger partial charge < -0.3 is 24.8 Å². The molecule has 0 aliphatic carbocycles. The van der Waals surface area contributed by atoms with Crippen molar-refractivity contribution < 1.29 is 14.2 Å². The minimum Gasteiger partial charge on any atom is -0.493 e. The van der Waals surface area contributed by atoms with Gasteiger partial charge in [-0.15, -0.1) is 35.3 Å². The number of rotatable bonds is 9. The Hall–Kier alpha value is -1.72. The van der Waals surface area contributed by atoms with Gasteiger partial charge >= 0.3 is 0 Å². The highest BCUT2D eigenvalue weighted by atomic mass is 127. The van der Waals surface area contributed by atoms with Crippen LogP contribution in [0, 0.1) is 0 Å². The Bertz CT molecular complexity index is 834. The predicted molar refractivity (Wildman–Crippen MR) is 138 cm³/mol. The zero-order valence-electron chi connectivity index (χ0n) is 18.7. The number of nitrogens with zero attached hydrogens (tertiary/aromatic N) is 2. The number of thiophene rings is 1. The molecule has 1 aromatic carbocycles. The average Bonchev–Trinajstić information content (AvgIpc) is 3.24. The summed E-state index contributed by atoms with van der Waals surface area (Å²) in [6.45, 7) is 7.38. The molecule has 0 radical (unpaired) electrons. The number of guanidine groups is 1. The number of aliphatic imine (C=N–C) groups is 1. The van der Waals surface area contributed by atoms with E-state index in [1.54, 1.807) is 26.2 Å². The van der Waals surface area contributed by atoms with Crippen LogP contribution in [0.1, 0.15) is 22.9 Å². The molecule has 9 heteroatoms. The number of ether oxygens (including phenoxy) is 3. The monoisotopic (exact) mass is 560 g/mol. The number of fused-ring (bicyclic) bond motifs is 1. The van der Waals surface area contributed by atoms with Gasteiger partial charge in [-0.2, -0.15) is 0 Å². The van der Waals surface area contributed by atoms with Crippen molar-refractivity contribution in [2.24, 2.45) is 4.99 Å². The van der Waals surface area contributed by atoms with Gasteiger partial charge in [0, 0.05) is 37.6 Å². The maximum absolute atomic E-state index is 5.44. The third-order valence-electron chi connectivity index (χ3n) is 5.10. The molecule has 7 nitrogen and oxygen atoms in total. The highest BCUT2D eigenvalue weighted by Crippen LogP contribution is 2.38. The highest BCUT2D eigenvalue weighted by Gasteiger charge is 2.17. The minimum absolute atomic E-state index is 0. The molecule has 0 fully saturated rings. The lowest BCUT2D eigenvalue weighted by molar-refractivity contribution is 0.260. The SMILES string of the molecule is CCNC(=NCc1cc(OC)c(OC)c(OC)c1)NCCN1CCc2sccc2C1.I. The van der Waals surface area contributed by atoms with Crippen molar-refractivity contribution in [3.05, 3.63) is 39.6 Å². The lowest BCUT2D eigenvalue weighted by atomic mass is 10.1. The van der Waals surface area contributed by atoms with E-state index in [0.29, 0.717) is 23.8 Å². The van der Waals surface area contributed by atoms with Crippen molar-refractivity contribution in [2.75, 3.05) is 47.5 Å². The van der Waals surface area contributed by atoms with Gasteiger partial charge in [0.25, 0.3) is 0 Å². The quantitative estimate of drug-likeness (QED) is 0.278. The van der Waals surface area contributed by atoms with Crippen LogP contribution in [0.15, 0.2) is 28.6 Å². The number of methoxy groups -OCH3 is 3. The Morgan fingerprint density at radius 1 is 1.13 bits per heavy atom. The van der Waals surface area contributed by atoms with Gasteiger partial charge in [-0.1, -0.05) is 0 Å². The normalized spacial score (nSPS) is 13.7. The fraction of sp³-hybridized carbons (Fsp3) is 0.500. The summed E-state index contributed by atoms with van der Waals surface area (Å²) in [6, 6.07) is 6.11. The molecule has 2 N–H and O–H groups in total. The largest absolute Gasteiger partial charge is 0.493 e. The number of benzene rings is 1. The summed E-state index contributed by atoms with van der Waals surface area (Å²) in [7, 11) is 4.85. The summed E-state index contributed by atoms with van der Waals surface area (Å²) in [6.07, 6.45) is 1.16. The first-order valence-electron chi connectivity index (χ1n) is 10.3. The van der Waals surface area contributed by atoms with Crippen LogP contribution in [0.2, 0.25) is 0 Å². The van der Waals surface area contributed by atoms with Crippen LogP contribution in [0.5, 0.6) is 17.2 Å². The highest BCUT2D eigenvalue weighted by molar-refractivity contribution is 14.0. The Morgan fingerprint density at radius 2 is 1.87 bits per heavy atom. The molecule has 0 atom stereocenters. The Morgan fingerprint density at radius 3 is 2.52 bits per heavy atom. The second-order valence-electron chi connectivity index (χ2n) is 7.05. The zero-order valence-corrected chi connectivity index (χ0v) is 21.8. The van der Waals surface area contributed by atoms with Gasteiger partial charge in [0.05, 0.1) is 27.9 Å². The van der Waals surface area contributed by atoms with E-state index in [2.05, 4.69) is 33.9 Å². The van der Waals surface area contributed by atoms with E-state index < -0.39 is 0 Å². The molecule has 0 amide bonds. The molecule has 0 spiro atoms. The van der Waals surface area contributed by atoms with Crippen molar-refractivity contribution in [3.8, 4) is 17.2 Å². The molecule has 1 aromatic heterocycles. The molecule has 3 rings (SSSR count). The van der Waals surface area contributed by atoms with Crippen LogP contribution in [0.25, 0.3) is 0 Å². The molecule has 172 valence electrons. The third-order valence-corrected chi connectivity index (χ3v) is 6.12. The molecule has 0 bridgehead atoms. The first-order valence-corrected chi connectivity index (χ1v) is 11.1. The topological polar surface area (TPSA) is 67.4 Å². The molecule has 1 aliphatic heterocycles. The molecular weight excluding hydrogens is 527 g/mol. The van der Waals surface area contributed by atoms with Crippen LogP contribution in [0.4, 0.5) is 0 Å². The summed E-state index contributed by atoms with van der Waals surface area (Å²) in [5, 5.41) is 8.97. The van der Waals surface area contributed by atoms with E-state index in [4.69, 9.17) is 19.2 Å². The van der Waals surface area contributed by atoms with Crippen molar-refractivity contribution in [2.45, 2.75) is 26.4 Å². The molecule has 0 unspecified atom stereocenters. The van der Waals surface area contributed by atoms with E-state index in [-0.39, 0.29) is 24.0 Å². The summed E-state index contributed by atoms with van der Waals surface area (Å²) >= 11 is 1.88. The third kappa shape index (κ3) is 6.88. The van der Waals surface area contributed by atoms with E-state index in [1.165, 1.54) is 5.56 Å². The maximum atomic E-state index is 5.44. The first-order chi connectivity index (χ1) is 14.7. The minimum atomic E-state index is 0. The molecular formula is C22H33IN4O3S. The fourth-order valence-electron chi connectivity index (χ4n) is 3.57. The fourth-order valence-corrected chi connectivity index (χ4v) is 4.46. The molecule has 2 aromatic rings. The Balaban J connectivity index is 0.00000341. The van der Waals surface area contributed by atoms with Crippen LogP contribution >= 0.6 is 35.3 Å². The van der Waals surface area contributed by atoms with E-state index in [0.717, 1.165) is 50.7 Å². The molecule has 1 aliphatic rings. The standard InChI is InChI=1S/C22H32N4O3S.HI/c1-5-23-22(24-8-10-26-9-6-20-17(15-26)7-11-30-20)25-14-16-12-18(27-2)21(29-4)19(13-16)28-3;/h7,11-13H,5-6,8-10,14-15H2,1-4H3,(H2,23,24,25);1H. The maximum Gasteiger partial charge on any atom is 0.203 e. The lowest BCUT2D eigenvalue weighted by Crippen LogP contribution is -2.42.